The molecule has 0 aromatic heterocycles. The Bertz CT molecular complexity index is 2030. The summed E-state index contributed by atoms with van der Waals surface area (Å²) in [7, 11) is -9.93. The number of aliphatic hydroxyl groups is 1. The lowest BCUT2D eigenvalue weighted by molar-refractivity contribution is -0.161. The fraction of sp³-hybridized carbons (Fsp3) is 0.813. The van der Waals surface area contributed by atoms with Gasteiger partial charge in [0, 0.05) is 25.7 Å². The number of hydrogen-bond acceptors (Lipinski definition) is 15. The summed E-state index contributed by atoms with van der Waals surface area (Å²) in [6, 6.07) is 0. The minimum Gasteiger partial charge on any atom is -0.462 e. The zero-order chi connectivity index (χ0) is 69.0. The number of ether oxygens (including phenoxy) is 4. The summed E-state index contributed by atoms with van der Waals surface area (Å²) >= 11 is 0. The van der Waals surface area contributed by atoms with E-state index in [4.69, 9.17) is 37.0 Å². The van der Waals surface area contributed by atoms with Crippen LogP contribution in [0.15, 0.2) is 60.8 Å². The van der Waals surface area contributed by atoms with E-state index in [2.05, 4.69) is 88.5 Å². The topological polar surface area (TPSA) is 237 Å². The van der Waals surface area contributed by atoms with E-state index >= 15 is 0 Å². The van der Waals surface area contributed by atoms with Crippen LogP contribution in [0.25, 0.3) is 0 Å². The predicted octanol–water partition coefficient (Wildman–Crippen LogP) is 21.1. The first-order valence-corrected chi connectivity index (χ1v) is 40.5. The number of esters is 4. The van der Waals surface area contributed by atoms with E-state index in [1.54, 1.807) is 0 Å². The molecule has 5 atom stereocenters. The van der Waals surface area contributed by atoms with Gasteiger partial charge < -0.3 is 33.8 Å². The number of phosphoric ester groups is 2. The van der Waals surface area contributed by atoms with Crippen molar-refractivity contribution >= 4 is 39.5 Å². The minimum absolute atomic E-state index is 0.0843. The second-order valence-corrected chi connectivity index (χ2v) is 28.1. The number of carbonyl (C=O) groups is 4. The van der Waals surface area contributed by atoms with Gasteiger partial charge in [-0.2, -0.15) is 0 Å². The molecule has 3 N–H and O–H groups in total. The number of hydrogen-bond donors (Lipinski definition) is 3. The second kappa shape index (κ2) is 68.3. The average molecular weight is 1370 g/mol. The Morgan fingerprint density at radius 1 is 0.309 bits per heavy atom. The molecule has 17 nitrogen and oxygen atoms in total. The monoisotopic (exact) mass is 1370 g/mol. The molecule has 0 aromatic carbocycles. The Morgan fingerprint density at radius 3 is 0.894 bits per heavy atom. The van der Waals surface area contributed by atoms with Crippen molar-refractivity contribution in [3.05, 3.63) is 60.8 Å². The lowest BCUT2D eigenvalue weighted by atomic mass is 10.0. The van der Waals surface area contributed by atoms with Crippen molar-refractivity contribution in [3.8, 4) is 0 Å². The summed E-state index contributed by atoms with van der Waals surface area (Å²) in [5, 5.41) is 10.6. The van der Waals surface area contributed by atoms with Crippen LogP contribution in [0.1, 0.15) is 336 Å². The van der Waals surface area contributed by atoms with Gasteiger partial charge in [0.15, 0.2) is 12.2 Å². The Balaban J connectivity index is 5.25. The van der Waals surface area contributed by atoms with Crippen molar-refractivity contribution in [2.24, 2.45) is 0 Å². The van der Waals surface area contributed by atoms with Gasteiger partial charge in [-0.05, 0) is 83.5 Å². The molecular weight excluding hydrogens is 1230 g/mol. The summed E-state index contributed by atoms with van der Waals surface area (Å²) in [5.74, 6) is -2.17. The fourth-order valence-electron chi connectivity index (χ4n) is 10.3. The van der Waals surface area contributed by atoms with Crippen molar-refractivity contribution in [3.63, 3.8) is 0 Å². The predicted molar refractivity (Wildman–Crippen MR) is 381 cm³/mol. The lowest BCUT2D eigenvalue weighted by Crippen LogP contribution is -2.30. The number of phosphoric acid groups is 2. The summed E-state index contributed by atoms with van der Waals surface area (Å²) in [5.41, 5.74) is 0. The minimum atomic E-state index is -4.97. The third kappa shape index (κ3) is 67.3. The van der Waals surface area contributed by atoms with Gasteiger partial charge >= 0.3 is 39.5 Å². The van der Waals surface area contributed by atoms with E-state index in [0.717, 1.165) is 148 Å². The largest absolute Gasteiger partial charge is 0.472 e. The van der Waals surface area contributed by atoms with E-state index in [9.17, 15) is 43.2 Å². The molecule has 94 heavy (non-hydrogen) atoms. The van der Waals surface area contributed by atoms with E-state index in [-0.39, 0.29) is 25.7 Å². The molecule has 0 saturated carbocycles. The molecule has 0 saturated heterocycles. The summed E-state index contributed by atoms with van der Waals surface area (Å²) in [6.07, 6.45) is 65.1. The van der Waals surface area contributed by atoms with Gasteiger partial charge in [0.25, 0.3) is 0 Å². The second-order valence-electron chi connectivity index (χ2n) is 25.2. The van der Waals surface area contributed by atoms with E-state index in [1.165, 1.54) is 109 Å². The normalized spacial score (nSPS) is 14.3. The maximum Gasteiger partial charge on any atom is 0.472 e. The van der Waals surface area contributed by atoms with Gasteiger partial charge in [-0.1, -0.05) is 288 Å². The number of unbranched alkanes of at least 4 members (excludes halogenated alkanes) is 35. The van der Waals surface area contributed by atoms with Gasteiger partial charge in [0.05, 0.1) is 26.4 Å². The van der Waals surface area contributed by atoms with E-state index < -0.39 is 97.5 Å². The lowest BCUT2D eigenvalue weighted by Gasteiger charge is -2.21. The smallest absolute Gasteiger partial charge is 0.462 e. The van der Waals surface area contributed by atoms with Crippen LogP contribution >= 0.6 is 15.6 Å². The van der Waals surface area contributed by atoms with E-state index in [1.807, 2.05) is 0 Å². The van der Waals surface area contributed by atoms with Crippen molar-refractivity contribution < 1.29 is 80.2 Å². The summed E-state index contributed by atoms with van der Waals surface area (Å²) < 4.78 is 68.3. The van der Waals surface area contributed by atoms with Gasteiger partial charge in [-0.15, -0.1) is 0 Å². The van der Waals surface area contributed by atoms with Gasteiger partial charge in [0.2, 0.25) is 0 Å². The van der Waals surface area contributed by atoms with Crippen LogP contribution in [0.3, 0.4) is 0 Å². The molecule has 0 aliphatic rings. The number of allylic oxidation sites excluding steroid dienone is 10. The molecule has 5 unspecified atom stereocenters. The Morgan fingerprint density at radius 2 is 0.564 bits per heavy atom. The molecule has 0 fully saturated rings. The molecule has 0 heterocycles. The Labute approximate surface area is 571 Å². The van der Waals surface area contributed by atoms with Crippen LogP contribution in [0.2, 0.25) is 0 Å². The molecule has 0 bridgehead atoms. The zero-order valence-corrected chi connectivity index (χ0v) is 61.4. The molecule has 0 aromatic rings. The maximum absolute atomic E-state index is 13.0. The van der Waals surface area contributed by atoms with Crippen LogP contribution < -0.4 is 0 Å². The van der Waals surface area contributed by atoms with Crippen molar-refractivity contribution in [2.75, 3.05) is 39.6 Å². The maximum atomic E-state index is 13.0. The highest BCUT2D eigenvalue weighted by Crippen LogP contribution is 2.45. The number of aliphatic hydroxyl groups excluding tert-OH is 1. The Hall–Kier alpha value is -3.24. The van der Waals surface area contributed by atoms with Crippen LogP contribution in [-0.2, 0) is 65.4 Å². The molecule has 0 aliphatic carbocycles. The molecule has 0 radical (unpaired) electrons. The molecule has 0 spiro atoms. The molecular formula is C75H136O17P2. The van der Waals surface area contributed by atoms with Crippen LogP contribution in [-0.4, -0.2) is 96.7 Å². The molecule has 0 amide bonds. The summed E-state index contributed by atoms with van der Waals surface area (Å²) in [6.45, 7) is 4.73. The van der Waals surface area contributed by atoms with Gasteiger partial charge in [-0.25, -0.2) is 9.13 Å². The molecule has 0 rings (SSSR count). The standard InChI is InChI=1S/C75H136O17P2/c1-5-9-13-17-21-25-29-31-32-33-34-35-36-38-42-44-48-52-56-60-73(78)86-66-71(92-75(80)62-58-54-50-46-40-28-24-20-16-12-8-4)68-90-94(83,84)88-64-69(76)63-87-93(81,82)89-67-70(91-74(79)61-57-53-49-45-39-27-23-19-15-11-7-3)65-85-72(77)59-55-51-47-43-41-37-30-26-22-18-14-10-6-2/h9,13,20-21,24-25,31-32,34-35,69-71,76H,5-8,10-12,14-19,22-23,26-30,33,36-68H2,1-4H3,(H,81,82)(H,83,84)/b13-9-,24-20-,25-21-,32-31-,35-34-. The highest BCUT2D eigenvalue weighted by atomic mass is 31.2. The fourth-order valence-corrected chi connectivity index (χ4v) is 11.8. The van der Waals surface area contributed by atoms with Crippen LogP contribution in [0.4, 0.5) is 0 Å². The molecule has 0 aliphatic heterocycles. The quantitative estimate of drug-likeness (QED) is 0.0169. The van der Waals surface area contributed by atoms with Gasteiger partial charge in [-0.3, -0.25) is 37.3 Å². The Kier molecular flexibility index (Phi) is 65.9. The summed E-state index contributed by atoms with van der Waals surface area (Å²) in [4.78, 5) is 72.6. The number of rotatable bonds is 71. The van der Waals surface area contributed by atoms with Crippen LogP contribution in [0, 0.1) is 0 Å². The van der Waals surface area contributed by atoms with Crippen molar-refractivity contribution in [1.82, 2.24) is 0 Å². The first-order chi connectivity index (χ1) is 45.7. The SMILES string of the molecule is CC/C=C\C/C=C\C/C=C\C/C=C\CCCCCCCCC(=O)OCC(COP(=O)(O)OCC(O)COP(=O)(O)OCC(COC(=O)CCCCCCCCCCCCCCC)OC(=O)CCCCCCCCCCCCC)OC(=O)CCCCCCC/C=C\CCCC. The number of carbonyl (C=O) groups excluding carboxylic acids is 4. The highest BCUT2D eigenvalue weighted by Gasteiger charge is 2.30. The average Bonchev–Trinajstić information content (AvgIpc) is 1.24. The van der Waals surface area contributed by atoms with Gasteiger partial charge in [0.1, 0.15) is 19.3 Å². The zero-order valence-electron chi connectivity index (χ0n) is 59.6. The molecule has 19 heteroatoms. The van der Waals surface area contributed by atoms with Crippen molar-refractivity contribution in [1.29, 1.82) is 0 Å². The van der Waals surface area contributed by atoms with Crippen molar-refractivity contribution in [2.45, 2.75) is 354 Å². The first kappa shape index (κ1) is 90.8. The third-order valence-corrected chi connectivity index (χ3v) is 17.9. The molecule has 548 valence electrons. The third-order valence-electron chi connectivity index (χ3n) is 16.0. The van der Waals surface area contributed by atoms with E-state index in [0.29, 0.717) is 25.7 Å². The highest BCUT2D eigenvalue weighted by molar-refractivity contribution is 7.47. The van der Waals surface area contributed by atoms with Crippen LogP contribution in [0.5, 0.6) is 0 Å². The first-order valence-electron chi connectivity index (χ1n) is 37.5.